The fraction of sp³-hybridized carbons (Fsp3) is 0.130. The molecule has 2 N–H and O–H groups in total. The van der Waals surface area contributed by atoms with Gasteiger partial charge >= 0.3 is 0 Å². The summed E-state index contributed by atoms with van der Waals surface area (Å²) >= 11 is 0. The zero-order valence-corrected chi connectivity index (χ0v) is 16.5. The van der Waals surface area contributed by atoms with E-state index in [9.17, 15) is 9.59 Å². The number of nitrogens with zero attached hydrogens (tertiary/aromatic N) is 4. The predicted octanol–water partition coefficient (Wildman–Crippen LogP) is 4.39. The lowest BCUT2D eigenvalue weighted by Crippen LogP contribution is -2.22. The first-order valence-electron chi connectivity index (χ1n) is 9.94. The van der Waals surface area contributed by atoms with Crippen LogP contribution in [0.15, 0.2) is 66.0 Å². The van der Waals surface area contributed by atoms with E-state index in [2.05, 4.69) is 20.3 Å². The number of fused-ring (bicyclic) bond motifs is 2. The van der Waals surface area contributed by atoms with Crippen molar-refractivity contribution in [3.8, 4) is 0 Å². The fourth-order valence-corrected chi connectivity index (χ4v) is 4.23. The molecule has 0 saturated heterocycles. The predicted molar refractivity (Wildman–Crippen MR) is 119 cm³/mol. The highest BCUT2D eigenvalue weighted by Crippen LogP contribution is 2.38. The van der Waals surface area contributed by atoms with Crippen LogP contribution in [0.3, 0.4) is 0 Å². The van der Waals surface area contributed by atoms with Gasteiger partial charge in [0.2, 0.25) is 0 Å². The van der Waals surface area contributed by atoms with Crippen LogP contribution >= 0.6 is 0 Å². The lowest BCUT2D eigenvalue weighted by atomic mass is 9.95. The Hall–Kier alpha value is -4.29. The van der Waals surface area contributed by atoms with E-state index in [0.29, 0.717) is 41.8 Å². The number of para-hydroxylation sites is 2. The number of amides is 2. The number of aromatic amines is 1. The normalized spacial score (nSPS) is 13.8. The van der Waals surface area contributed by atoms with Crippen LogP contribution in [0.4, 0.5) is 0 Å². The quantitative estimate of drug-likeness (QED) is 0.161. The van der Waals surface area contributed by atoms with Gasteiger partial charge in [-0.1, -0.05) is 41.5 Å². The van der Waals surface area contributed by atoms with Crippen molar-refractivity contribution in [3.63, 3.8) is 0 Å². The largest absolute Gasteiger partial charge is 0.361 e. The van der Waals surface area contributed by atoms with Crippen LogP contribution < -0.4 is 5.32 Å². The lowest BCUT2D eigenvalue weighted by molar-refractivity contribution is -0.122. The number of hydrogen-bond donors (Lipinski definition) is 2. The molecular weight excluding hydrogens is 392 g/mol. The fourth-order valence-electron chi connectivity index (χ4n) is 4.23. The first-order chi connectivity index (χ1) is 15.2. The average molecular weight is 410 g/mol. The number of hydrogen-bond acceptors (Lipinski definition) is 3. The number of benzene rings is 2. The molecule has 2 aromatic carbocycles. The van der Waals surface area contributed by atoms with Gasteiger partial charge in [0.15, 0.2) is 0 Å². The first-order valence-corrected chi connectivity index (χ1v) is 9.94. The highest BCUT2D eigenvalue weighted by Gasteiger charge is 2.34. The minimum absolute atomic E-state index is 0.374. The number of imide groups is 1. The molecule has 8 nitrogen and oxygen atoms in total. The zero-order chi connectivity index (χ0) is 21.4. The van der Waals surface area contributed by atoms with Crippen LogP contribution in [0, 0.1) is 0 Å². The van der Waals surface area contributed by atoms with Gasteiger partial charge in [0.25, 0.3) is 11.8 Å². The summed E-state index contributed by atoms with van der Waals surface area (Å²) in [5.74, 6) is -0.799. The summed E-state index contributed by atoms with van der Waals surface area (Å²) in [6.07, 6.45) is 4.35. The van der Waals surface area contributed by atoms with Crippen LogP contribution in [0.5, 0.6) is 0 Å². The molecule has 4 aromatic rings. The second kappa shape index (κ2) is 7.51. The Morgan fingerprint density at radius 3 is 2.45 bits per heavy atom. The van der Waals surface area contributed by atoms with Crippen LogP contribution in [0.1, 0.15) is 17.5 Å². The van der Waals surface area contributed by atoms with Crippen molar-refractivity contribution >= 4 is 44.8 Å². The van der Waals surface area contributed by atoms with Crippen molar-refractivity contribution < 1.29 is 9.59 Å². The van der Waals surface area contributed by atoms with Crippen LogP contribution in [-0.4, -0.2) is 27.9 Å². The number of aryl methyl sites for hydroxylation is 1. The molecule has 2 aromatic heterocycles. The van der Waals surface area contributed by atoms with E-state index in [1.807, 2.05) is 59.3 Å². The maximum atomic E-state index is 12.9. The van der Waals surface area contributed by atoms with Crippen molar-refractivity contribution in [2.24, 2.45) is 5.11 Å². The summed E-state index contributed by atoms with van der Waals surface area (Å²) < 4.78 is 2.04. The zero-order valence-electron chi connectivity index (χ0n) is 16.5. The molecule has 1 aliphatic rings. The van der Waals surface area contributed by atoms with Gasteiger partial charge in [-0.15, -0.1) is 0 Å². The molecule has 0 aliphatic carbocycles. The molecule has 0 spiro atoms. The summed E-state index contributed by atoms with van der Waals surface area (Å²) in [4.78, 5) is 31.7. The molecule has 2 amide bonds. The number of aromatic nitrogens is 2. The minimum Gasteiger partial charge on any atom is -0.361 e. The smallest absolute Gasteiger partial charge is 0.259 e. The monoisotopic (exact) mass is 410 g/mol. The van der Waals surface area contributed by atoms with Gasteiger partial charge in [0.05, 0.1) is 11.1 Å². The van der Waals surface area contributed by atoms with Gasteiger partial charge in [0.1, 0.15) is 0 Å². The van der Waals surface area contributed by atoms with Gasteiger partial charge in [0, 0.05) is 63.3 Å². The molecule has 0 unspecified atom stereocenters. The SMILES string of the molecule is [N-]=[N+]=NCCCn1cc(C2=C(c3c[nH]c4ccccc34)C(=O)NC2=O)c2ccccc21. The average Bonchev–Trinajstić information content (AvgIpc) is 3.44. The molecule has 8 heteroatoms. The Bertz CT molecular complexity index is 1430. The van der Waals surface area contributed by atoms with Crippen LogP contribution in [-0.2, 0) is 16.1 Å². The van der Waals surface area contributed by atoms with Crippen LogP contribution in [0.2, 0.25) is 0 Å². The third kappa shape index (κ3) is 3.06. The van der Waals surface area contributed by atoms with Gasteiger partial charge in [-0.25, -0.2) is 0 Å². The van der Waals surface area contributed by atoms with E-state index in [1.54, 1.807) is 6.20 Å². The van der Waals surface area contributed by atoms with Crippen LogP contribution in [0.25, 0.3) is 43.4 Å². The number of nitrogens with one attached hydrogen (secondary N) is 2. The number of carbonyl (C=O) groups excluding carboxylic acids is 2. The van der Waals surface area contributed by atoms with E-state index in [-0.39, 0.29) is 0 Å². The van der Waals surface area contributed by atoms with Crippen molar-refractivity contribution in [1.29, 1.82) is 0 Å². The van der Waals surface area contributed by atoms with Crippen molar-refractivity contribution in [2.75, 3.05) is 6.54 Å². The van der Waals surface area contributed by atoms with E-state index in [1.165, 1.54) is 0 Å². The summed E-state index contributed by atoms with van der Waals surface area (Å²) in [5, 5.41) is 7.84. The topological polar surface area (TPSA) is 116 Å². The third-order valence-corrected chi connectivity index (χ3v) is 5.57. The van der Waals surface area contributed by atoms with Gasteiger partial charge < -0.3 is 9.55 Å². The Morgan fingerprint density at radius 2 is 1.65 bits per heavy atom. The standard InChI is InChI=1S/C23H18N6O2/c24-28-26-10-5-11-29-13-17(15-7-2-4-9-19(15)29)21-20(22(30)27-23(21)31)16-12-25-18-8-3-1-6-14(16)18/h1-4,6-9,12-13,25H,5,10-11H2,(H,27,30,31). The molecule has 0 radical (unpaired) electrons. The maximum Gasteiger partial charge on any atom is 0.259 e. The number of rotatable bonds is 6. The molecule has 0 bridgehead atoms. The second-order valence-corrected chi connectivity index (χ2v) is 7.34. The van der Waals surface area contributed by atoms with Crippen molar-refractivity contribution in [3.05, 3.63) is 82.5 Å². The first kappa shape index (κ1) is 18.7. The van der Waals surface area contributed by atoms with E-state index in [0.717, 1.165) is 21.8 Å². The minimum atomic E-state index is -0.401. The Labute approximate surface area is 176 Å². The van der Waals surface area contributed by atoms with E-state index in [4.69, 9.17) is 5.53 Å². The molecule has 3 heterocycles. The summed E-state index contributed by atoms with van der Waals surface area (Å²) in [7, 11) is 0. The highest BCUT2D eigenvalue weighted by molar-refractivity contribution is 6.50. The summed E-state index contributed by atoms with van der Waals surface area (Å²) in [6.45, 7) is 1.02. The number of azide groups is 1. The highest BCUT2D eigenvalue weighted by atomic mass is 16.2. The molecule has 0 atom stereocenters. The maximum absolute atomic E-state index is 12.9. The van der Waals surface area contributed by atoms with E-state index < -0.39 is 11.8 Å². The molecule has 5 rings (SSSR count). The van der Waals surface area contributed by atoms with E-state index >= 15 is 0 Å². The number of carbonyl (C=O) groups is 2. The Balaban J connectivity index is 1.71. The molecule has 0 fully saturated rings. The third-order valence-electron chi connectivity index (χ3n) is 5.57. The van der Waals surface area contributed by atoms with Crippen molar-refractivity contribution in [1.82, 2.24) is 14.9 Å². The van der Waals surface area contributed by atoms with Gasteiger partial charge in [-0.05, 0) is 24.1 Å². The Kier molecular flexibility index (Phi) is 4.54. The lowest BCUT2D eigenvalue weighted by Gasteiger charge is -2.03. The second-order valence-electron chi connectivity index (χ2n) is 7.34. The van der Waals surface area contributed by atoms with Gasteiger partial charge in [-0.2, -0.15) is 0 Å². The molecule has 152 valence electrons. The summed E-state index contributed by atoms with van der Waals surface area (Å²) in [5.41, 5.74) is 12.5. The number of H-pyrrole nitrogens is 1. The molecule has 31 heavy (non-hydrogen) atoms. The molecular formula is C23H18N6O2. The summed E-state index contributed by atoms with van der Waals surface area (Å²) in [6, 6.07) is 15.5. The Morgan fingerprint density at radius 1 is 0.935 bits per heavy atom. The van der Waals surface area contributed by atoms with Gasteiger partial charge in [-0.3, -0.25) is 14.9 Å². The molecule has 0 saturated carbocycles. The van der Waals surface area contributed by atoms with Crippen molar-refractivity contribution in [2.45, 2.75) is 13.0 Å². The molecule has 1 aliphatic heterocycles.